The highest BCUT2D eigenvalue weighted by molar-refractivity contribution is 6.31. The lowest BCUT2D eigenvalue weighted by atomic mass is 9.88. The molecule has 5 aromatic rings. The Balaban J connectivity index is 1.59. The fourth-order valence-corrected chi connectivity index (χ4v) is 4.88. The van der Waals surface area contributed by atoms with E-state index < -0.39 is 10.8 Å². The lowest BCUT2D eigenvalue weighted by molar-refractivity contribution is -0.384. The molecule has 186 valence electrons. The zero-order chi connectivity index (χ0) is 25.8. The van der Waals surface area contributed by atoms with Crippen molar-refractivity contribution in [3.05, 3.63) is 135 Å². The first-order chi connectivity index (χ1) is 18.0. The summed E-state index contributed by atoms with van der Waals surface area (Å²) in [5, 5.41) is 15.8. The molecule has 0 aliphatic heterocycles. The lowest BCUT2D eigenvalue weighted by Gasteiger charge is -2.18. The number of carbonyl (C=O) groups is 1. The zero-order valence-corrected chi connectivity index (χ0v) is 20.6. The summed E-state index contributed by atoms with van der Waals surface area (Å²) in [6.45, 7) is 0.845. The minimum Gasteiger partial charge on any atom is -0.467 e. The van der Waals surface area contributed by atoms with Crippen LogP contribution in [0.4, 0.5) is 5.69 Å². The predicted molar refractivity (Wildman–Crippen MR) is 143 cm³/mol. The summed E-state index contributed by atoms with van der Waals surface area (Å²) >= 11 is 6.62. The van der Waals surface area contributed by atoms with Crippen LogP contribution in [-0.4, -0.2) is 15.4 Å². The van der Waals surface area contributed by atoms with E-state index in [1.807, 2.05) is 54.7 Å². The topological polar surface area (TPSA) is 90.3 Å². The maximum Gasteiger partial charge on any atom is 0.270 e. The minimum atomic E-state index is -0.424. The molecule has 3 aromatic carbocycles. The van der Waals surface area contributed by atoms with Crippen LogP contribution < -0.4 is 5.32 Å². The molecule has 1 atom stereocenters. The summed E-state index contributed by atoms with van der Waals surface area (Å²) in [4.78, 5) is 24.3. The second kappa shape index (κ2) is 10.7. The highest BCUT2D eigenvalue weighted by Gasteiger charge is 2.26. The number of benzene rings is 3. The van der Waals surface area contributed by atoms with E-state index >= 15 is 0 Å². The normalized spacial score (nSPS) is 11.9. The van der Waals surface area contributed by atoms with Gasteiger partial charge >= 0.3 is 0 Å². The highest BCUT2D eigenvalue weighted by Crippen LogP contribution is 2.39. The molecule has 0 bridgehead atoms. The Morgan fingerprint density at radius 1 is 1.00 bits per heavy atom. The largest absolute Gasteiger partial charge is 0.467 e. The van der Waals surface area contributed by atoms with Crippen LogP contribution in [0, 0.1) is 10.1 Å². The maximum atomic E-state index is 13.1. The SMILES string of the molecule is O=C(C[C@@H](c1ccccc1Cl)c1cn(Cc2ccccc2)c2ccc([N+](=O)[O-])cc12)NCc1ccco1. The van der Waals surface area contributed by atoms with Gasteiger partial charge in [-0.2, -0.15) is 0 Å². The van der Waals surface area contributed by atoms with Gasteiger partial charge in [-0.25, -0.2) is 0 Å². The van der Waals surface area contributed by atoms with E-state index in [-0.39, 0.29) is 24.6 Å². The number of nitro benzene ring substituents is 1. The second-order valence-electron chi connectivity index (χ2n) is 8.79. The maximum absolute atomic E-state index is 13.1. The van der Waals surface area contributed by atoms with Gasteiger partial charge in [0.25, 0.3) is 5.69 Å². The monoisotopic (exact) mass is 513 g/mol. The molecule has 0 saturated carbocycles. The number of nitrogens with zero attached hydrogens (tertiary/aromatic N) is 2. The van der Waals surface area contributed by atoms with Gasteiger partial charge in [0.05, 0.1) is 17.7 Å². The number of amides is 1. The van der Waals surface area contributed by atoms with Crippen molar-refractivity contribution in [1.82, 2.24) is 9.88 Å². The molecule has 2 aromatic heterocycles. The fourth-order valence-electron chi connectivity index (χ4n) is 4.62. The van der Waals surface area contributed by atoms with E-state index in [1.54, 1.807) is 36.6 Å². The van der Waals surface area contributed by atoms with Crippen LogP contribution >= 0.6 is 11.6 Å². The summed E-state index contributed by atoms with van der Waals surface area (Å²) in [5.41, 5.74) is 3.51. The number of aromatic nitrogens is 1. The van der Waals surface area contributed by atoms with Crippen molar-refractivity contribution in [2.75, 3.05) is 0 Å². The smallest absolute Gasteiger partial charge is 0.270 e. The van der Waals surface area contributed by atoms with Gasteiger partial charge in [0.15, 0.2) is 0 Å². The minimum absolute atomic E-state index is 0.00797. The summed E-state index contributed by atoms with van der Waals surface area (Å²) in [7, 11) is 0. The van der Waals surface area contributed by atoms with E-state index in [0.717, 1.165) is 22.2 Å². The van der Waals surface area contributed by atoms with Crippen molar-refractivity contribution in [2.24, 2.45) is 0 Å². The molecule has 7 nitrogen and oxygen atoms in total. The summed E-state index contributed by atoms with van der Waals surface area (Å²) in [6.07, 6.45) is 3.65. The molecule has 0 fully saturated rings. The van der Waals surface area contributed by atoms with Crippen molar-refractivity contribution in [1.29, 1.82) is 0 Å². The Morgan fingerprint density at radius 2 is 1.78 bits per heavy atom. The van der Waals surface area contributed by atoms with Gasteiger partial charge in [-0.3, -0.25) is 14.9 Å². The first-order valence-corrected chi connectivity index (χ1v) is 12.2. The Kier molecular flexibility index (Phi) is 7.05. The molecule has 2 heterocycles. The number of fused-ring (bicyclic) bond motifs is 1. The number of non-ortho nitro benzene ring substituents is 1. The Labute approximate surface area is 218 Å². The molecule has 1 N–H and O–H groups in total. The van der Waals surface area contributed by atoms with Gasteiger partial charge in [-0.15, -0.1) is 0 Å². The predicted octanol–water partition coefficient (Wildman–Crippen LogP) is 6.68. The van der Waals surface area contributed by atoms with Gasteiger partial charge in [-0.1, -0.05) is 60.1 Å². The van der Waals surface area contributed by atoms with Gasteiger partial charge in [0, 0.05) is 53.1 Å². The molecule has 0 radical (unpaired) electrons. The van der Waals surface area contributed by atoms with Gasteiger partial charge < -0.3 is 14.3 Å². The van der Waals surface area contributed by atoms with E-state index in [0.29, 0.717) is 22.7 Å². The average Bonchev–Trinajstić information content (AvgIpc) is 3.55. The van der Waals surface area contributed by atoms with E-state index in [9.17, 15) is 14.9 Å². The standard InChI is InChI=1S/C29H24ClN3O4/c30-27-11-5-4-10-23(27)24(16-29(34)31-17-22-9-6-14-37-22)26-19-32(18-20-7-2-1-3-8-20)28-13-12-21(33(35)36)15-25(26)28/h1-15,19,24H,16-18H2,(H,31,34)/t24-/m0/s1. The lowest BCUT2D eigenvalue weighted by Crippen LogP contribution is -2.24. The van der Waals surface area contributed by atoms with Crippen LogP contribution in [0.3, 0.4) is 0 Å². The summed E-state index contributed by atoms with van der Waals surface area (Å²) in [6, 6.07) is 25.8. The molecule has 0 saturated heterocycles. The van der Waals surface area contributed by atoms with Crippen molar-refractivity contribution >= 4 is 34.1 Å². The van der Waals surface area contributed by atoms with Crippen molar-refractivity contribution < 1.29 is 14.1 Å². The van der Waals surface area contributed by atoms with E-state index in [4.69, 9.17) is 16.0 Å². The number of hydrogen-bond acceptors (Lipinski definition) is 4. The number of rotatable bonds is 9. The van der Waals surface area contributed by atoms with Crippen LogP contribution in [0.2, 0.25) is 5.02 Å². The third-order valence-electron chi connectivity index (χ3n) is 6.39. The zero-order valence-electron chi connectivity index (χ0n) is 19.8. The molecular weight excluding hydrogens is 490 g/mol. The van der Waals surface area contributed by atoms with Crippen molar-refractivity contribution in [3.8, 4) is 0 Å². The van der Waals surface area contributed by atoms with E-state index in [1.165, 1.54) is 6.07 Å². The van der Waals surface area contributed by atoms with Crippen LogP contribution in [-0.2, 0) is 17.9 Å². The number of hydrogen-bond donors (Lipinski definition) is 1. The number of nitro groups is 1. The van der Waals surface area contributed by atoms with Crippen LogP contribution in [0.5, 0.6) is 0 Å². The van der Waals surface area contributed by atoms with E-state index in [2.05, 4.69) is 9.88 Å². The molecule has 0 aliphatic carbocycles. The molecule has 0 aliphatic rings. The molecule has 1 amide bonds. The number of nitrogens with one attached hydrogen (secondary N) is 1. The Bertz CT molecular complexity index is 1540. The van der Waals surface area contributed by atoms with Gasteiger partial charge in [0.2, 0.25) is 5.91 Å². The van der Waals surface area contributed by atoms with Crippen molar-refractivity contribution in [3.63, 3.8) is 0 Å². The third kappa shape index (κ3) is 5.42. The second-order valence-corrected chi connectivity index (χ2v) is 9.20. The summed E-state index contributed by atoms with van der Waals surface area (Å²) in [5.74, 6) is 0.0419. The average molecular weight is 514 g/mol. The Hall–Kier alpha value is -4.36. The molecule has 0 unspecified atom stereocenters. The Morgan fingerprint density at radius 3 is 2.51 bits per heavy atom. The first kappa shape index (κ1) is 24.3. The molecule has 8 heteroatoms. The molecule has 5 rings (SSSR count). The molecular formula is C29H24ClN3O4. The number of halogens is 1. The molecule has 0 spiro atoms. The fraction of sp³-hybridized carbons (Fsp3) is 0.138. The number of furan rings is 1. The quantitative estimate of drug-likeness (QED) is 0.176. The van der Waals surface area contributed by atoms with Crippen LogP contribution in [0.1, 0.15) is 34.8 Å². The number of carbonyl (C=O) groups excluding carboxylic acids is 1. The van der Waals surface area contributed by atoms with Crippen LogP contribution in [0.15, 0.2) is 102 Å². The summed E-state index contributed by atoms with van der Waals surface area (Å²) < 4.78 is 7.39. The third-order valence-corrected chi connectivity index (χ3v) is 6.73. The highest BCUT2D eigenvalue weighted by atomic mass is 35.5. The van der Waals surface area contributed by atoms with Gasteiger partial charge in [0.1, 0.15) is 5.76 Å². The van der Waals surface area contributed by atoms with Crippen molar-refractivity contribution in [2.45, 2.75) is 25.4 Å². The first-order valence-electron chi connectivity index (χ1n) is 11.8. The molecule has 37 heavy (non-hydrogen) atoms. The van der Waals surface area contributed by atoms with Gasteiger partial charge in [-0.05, 0) is 41.0 Å². The van der Waals surface area contributed by atoms with Crippen LogP contribution in [0.25, 0.3) is 10.9 Å².